The standard InChI is InChI=1S/C13H14FN3O2/c1-2-16-6-5-10(9-16)8-15-13-7-11(17(18)19)3-4-12(13)14/h3-7,9,15H,2,8H2,1H3. The maximum Gasteiger partial charge on any atom is 0.271 e. The smallest absolute Gasteiger partial charge is 0.271 e. The minimum atomic E-state index is -0.543. The first kappa shape index (κ1) is 13.1. The van der Waals surface area contributed by atoms with Crippen molar-refractivity contribution >= 4 is 11.4 Å². The summed E-state index contributed by atoms with van der Waals surface area (Å²) in [5.74, 6) is -0.500. The van der Waals surface area contributed by atoms with E-state index in [1.165, 1.54) is 6.07 Å². The number of aromatic nitrogens is 1. The van der Waals surface area contributed by atoms with Crippen LogP contribution in [-0.4, -0.2) is 9.49 Å². The van der Waals surface area contributed by atoms with Crippen LogP contribution in [0.4, 0.5) is 15.8 Å². The SMILES string of the molecule is CCn1ccc(CNc2cc([N+](=O)[O-])ccc2F)c1. The molecule has 0 aliphatic heterocycles. The van der Waals surface area contributed by atoms with Crippen molar-refractivity contribution < 1.29 is 9.31 Å². The van der Waals surface area contributed by atoms with Crippen molar-refractivity contribution in [3.63, 3.8) is 0 Å². The van der Waals surface area contributed by atoms with Crippen LogP contribution in [0.3, 0.4) is 0 Å². The second-order valence-electron chi connectivity index (χ2n) is 4.13. The lowest BCUT2D eigenvalue weighted by molar-refractivity contribution is -0.384. The summed E-state index contributed by atoms with van der Waals surface area (Å²) in [6, 6.07) is 5.36. The van der Waals surface area contributed by atoms with Gasteiger partial charge in [0.1, 0.15) is 5.82 Å². The van der Waals surface area contributed by atoms with Crippen LogP contribution in [0.1, 0.15) is 12.5 Å². The molecular weight excluding hydrogens is 249 g/mol. The lowest BCUT2D eigenvalue weighted by Crippen LogP contribution is -2.02. The van der Waals surface area contributed by atoms with Gasteiger partial charge in [-0.2, -0.15) is 0 Å². The summed E-state index contributed by atoms with van der Waals surface area (Å²) >= 11 is 0. The van der Waals surface area contributed by atoms with Crippen LogP contribution >= 0.6 is 0 Å². The maximum absolute atomic E-state index is 13.5. The van der Waals surface area contributed by atoms with Crippen LogP contribution < -0.4 is 5.32 Å². The highest BCUT2D eigenvalue weighted by Crippen LogP contribution is 2.21. The molecule has 0 saturated carbocycles. The van der Waals surface area contributed by atoms with Crippen LogP contribution in [0.5, 0.6) is 0 Å². The highest BCUT2D eigenvalue weighted by atomic mass is 19.1. The number of non-ortho nitro benzene ring substituents is 1. The Kier molecular flexibility index (Phi) is 3.79. The fourth-order valence-corrected chi connectivity index (χ4v) is 1.75. The van der Waals surface area contributed by atoms with Crippen molar-refractivity contribution in [2.75, 3.05) is 5.32 Å². The van der Waals surface area contributed by atoms with Gasteiger partial charge >= 0.3 is 0 Å². The first-order valence-corrected chi connectivity index (χ1v) is 5.92. The highest BCUT2D eigenvalue weighted by Gasteiger charge is 2.10. The van der Waals surface area contributed by atoms with Gasteiger partial charge in [0.15, 0.2) is 0 Å². The summed E-state index contributed by atoms with van der Waals surface area (Å²) in [6.45, 7) is 3.31. The van der Waals surface area contributed by atoms with Gasteiger partial charge in [-0.3, -0.25) is 10.1 Å². The van der Waals surface area contributed by atoms with E-state index < -0.39 is 10.7 Å². The number of hydrogen-bond donors (Lipinski definition) is 1. The Morgan fingerprint density at radius 2 is 2.21 bits per heavy atom. The molecule has 0 spiro atoms. The number of halogens is 1. The molecule has 0 fully saturated rings. The number of benzene rings is 1. The van der Waals surface area contributed by atoms with Gasteiger partial charge in [0.05, 0.1) is 10.6 Å². The van der Waals surface area contributed by atoms with Crippen molar-refractivity contribution in [1.82, 2.24) is 4.57 Å². The van der Waals surface area contributed by atoms with Crippen LogP contribution in [0.25, 0.3) is 0 Å². The molecule has 0 aliphatic carbocycles. The number of anilines is 1. The van der Waals surface area contributed by atoms with E-state index in [-0.39, 0.29) is 11.4 Å². The number of aryl methyl sites for hydroxylation is 1. The zero-order valence-electron chi connectivity index (χ0n) is 10.5. The van der Waals surface area contributed by atoms with Crippen molar-refractivity contribution in [2.45, 2.75) is 20.0 Å². The summed E-state index contributed by atoms with van der Waals surface area (Å²) < 4.78 is 15.5. The lowest BCUT2D eigenvalue weighted by atomic mass is 10.2. The van der Waals surface area contributed by atoms with Crippen molar-refractivity contribution in [3.8, 4) is 0 Å². The molecular formula is C13H14FN3O2. The topological polar surface area (TPSA) is 60.1 Å². The number of nitrogens with one attached hydrogen (secondary N) is 1. The van der Waals surface area contributed by atoms with Gasteiger partial charge in [-0.1, -0.05) is 0 Å². The summed E-state index contributed by atoms with van der Waals surface area (Å²) in [5, 5.41) is 13.5. The molecule has 0 aliphatic rings. The number of nitrogens with zero attached hydrogens (tertiary/aromatic N) is 2. The molecule has 100 valence electrons. The van der Waals surface area contributed by atoms with E-state index in [1.54, 1.807) is 0 Å². The van der Waals surface area contributed by atoms with Gasteiger partial charge in [-0.15, -0.1) is 0 Å². The quantitative estimate of drug-likeness (QED) is 0.665. The predicted octanol–water partition coefficient (Wildman–Crippen LogP) is 3.17. The molecule has 0 radical (unpaired) electrons. The van der Waals surface area contributed by atoms with Crippen molar-refractivity contribution in [3.05, 3.63) is 58.2 Å². The fraction of sp³-hybridized carbons (Fsp3) is 0.231. The van der Waals surface area contributed by atoms with Crippen molar-refractivity contribution in [1.29, 1.82) is 0 Å². The van der Waals surface area contributed by atoms with E-state index in [0.717, 1.165) is 24.2 Å². The molecule has 0 unspecified atom stereocenters. The molecule has 19 heavy (non-hydrogen) atoms. The number of hydrogen-bond acceptors (Lipinski definition) is 3. The normalized spacial score (nSPS) is 10.4. The van der Waals surface area contributed by atoms with Crippen LogP contribution in [0.2, 0.25) is 0 Å². The second-order valence-corrected chi connectivity index (χ2v) is 4.13. The monoisotopic (exact) mass is 263 g/mol. The third-order valence-electron chi connectivity index (χ3n) is 2.82. The Morgan fingerprint density at radius 1 is 1.42 bits per heavy atom. The predicted molar refractivity (Wildman–Crippen MR) is 70.5 cm³/mol. The molecule has 0 bridgehead atoms. The number of nitro benzene ring substituents is 1. The van der Waals surface area contributed by atoms with Crippen molar-refractivity contribution in [2.24, 2.45) is 0 Å². The van der Waals surface area contributed by atoms with E-state index in [2.05, 4.69) is 5.32 Å². The highest BCUT2D eigenvalue weighted by molar-refractivity contribution is 5.52. The minimum absolute atomic E-state index is 0.130. The fourth-order valence-electron chi connectivity index (χ4n) is 1.75. The summed E-state index contributed by atoms with van der Waals surface area (Å²) in [4.78, 5) is 10.1. The molecule has 1 N–H and O–H groups in total. The molecule has 2 aromatic rings. The number of rotatable bonds is 5. The van der Waals surface area contributed by atoms with E-state index in [9.17, 15) is 14.5 Å². The maximum atomic E-state index is 13.5. The molecule has 0 atom stereocenters. The van der Waals surface area contributed by atoms with Crippen LogP contribution in [0.15, 0.2) is 36.7 Å². The molecule has 1 heterocycles. The molecule has 0 amide bonds. The molecule has 2 rings (SSSR count). The Labute approximate surface area is 109 Å². The summed E-state index contributed by atoms with van der Waals surface area (Å²) in [5.41, 5.74) is 1.00. The van der Waals surface area contributed by atoms with E-state index in [4.69, 9.17) is 0 Å². The Hall–Kier alpha value is -2.37. The van der Waals surface area contributed by atoms with Gasteiger partial charge in [-0.05, 0) is 24.6 Å². The zero-order chi connectivity index (χ0) is 13.8. The third kappa shape index (κ3) is 3.09. The second kappa shape index (κ2) is 5.51. The van der Waals surface area contributed by atoms with E-state index in [0.29, 0.717) is 6.54 Å². The van der Waals surface area contributed by atoms with Gasteiger partial charge in [0.2, 0.25) is 0 Å². The van der Waals surface area contributed by atoms with Crippen LogP contribution in [0, 0.1) is 15.9 Å². The molecule has 5 nitrogen and oxygen atoms in total. The summed E-state index contributed by atoms with van der Waals surface area (Å²) in [7, 11) is 0. The minimum Gasteiger partial charge on any atom is -0.378 e. The number of nitro groups is 1. The Bertz CT molecular complexity index is 595. The first-order chi connectivity index (χ1) is 9.10. The van der Waals surface area contributed by atoms with E-state index in [1.807, 2.05) is 30.0 Å². The average Bonchev–Trinajstić information content (AvgIpc) is 2.85. The first-order valence-electron chi connectivity index (χ1n) is 5.92. The van der Waals surface area contributed by atoms with Gasteiger partial charge in [0.25, 0.3) is 5.69 Å². The largest absolute Gasteiger partial charge is 0.378 e. The zero-order valence-corrected chi connectivity index (χ0v) is 10.5. The average molecular weight is 263 g/mol. The summed E-state index contributed by atoms with van der Waals surface area (Å²) in [6.07, 6.45) is 3.88. The van der Waals surface area contributed by atoms with E-state index >= 15 is 0 Å². The molecule has 0 saturated heterocycles. The molecule has 1 aromatic carbocycles. The Morgan fingerprint density at radius 3 is 2.84 bits per heavy atom. The third-order valence-corrected chi connectivity index (χ3v) is 2.82. The Balaban J connectivity index is 2.10. The molecule has 6 heteroatoms. The van der Waals surface area contributed by atoms with Gasteiger partial charge in [-0.25, -0.2) is 4.39 Å². The van der Waals surface area contributed by atoms with Gasteiger partial charge < -0.3 is 9.88 Å². The van der Waals surface area contributed by atoms with Gasteiger partial charge in [0, 0.05) is 37.6 Å². The lowest BCUT2D eigenvalue weighted by Gasteiger charge is -2.06. The molecule has 1 aromatic heterocycles. The van der Waals surface area contributed by atoms with Crippen LogP contribution in [-0.2, 0) is 13.1 Å².